The average molecular weight is 289 g/mol. The summed E-state index contributed by atoms with van der Waals surface area (Å²) in [6.45, 7) is 4.32. The minimum atomic E-state index is 0.586. The fourth-order valence-corrected chi connectivity index (χ4v) is 3.27. The maximum atomic E-state index is 4.46. The molecule has 1 aromatic heterocycles. The third-order valence-electron chi connectivity index (χ3n) is 4.69. The second-order valence-electron chi connectivity index (χ2n) is 6.38. The van der Waals surface area contributed by atoms with E-state index in [0.717, 1.165) is 37.8 Å². The highest BCUT2D eigenvalue weighted by Gasteiger charge is 2.17. The molecule has 1 saturated heterocycles. The first-order valence-corrected chi connectivity index (χ1v) is 8.33. The van der Waals surface area contributed by atoms with Crippen molar-refractivity contribution in [3.8, 4) is 0 Å². The van der Waals surface area contributed by atoms with Gasteiger partial charge in [0.15, 0.2) is 0 Å². The van der Waals surface area contributed by atoms with Crippen LogP contribution in [0.15, 0.2) is 12.4 Å². The van der Waals surface area contributed by atoms with E-state index in [1.54, 1.807) is 6.33 Å². The molecule has 116 valence electrons. The van der Waals surface area contributed by atoms with Crippen LogP contribution in [-0.4, -0.2) is 54.1 Å². The summed E-state index contributed by atoms with van der Waals surface area (Å²) in [5.41, 5.74) is 0. The Bertz CT molecular complexity index is 434. The van der Waals surface area contributed by atoms with Gasteiger partial charge in [0, 0.05) is 38.3 Å². The highest BCUT2D eigenvalue weighted by atomic mass is 15.3. The lowest BCUT2D eigenvalue weighted by atomic mass is 10.1. The van der Waals surface area contributed by atoms with Gasteiger partial charge in [-0.05, 0) is 19.9 Å². The molecule has 2 fully saturated rings. The number of hydrogen-bond donors (Lipinski definition) is 1. The van der Waals surface area contributed by atoms with Crippen LogP contribution in [0, 0.1) is 0 Å². The molecule has 5 heteroatoms. The molecule has 0 spiro atoms. The van der Waals surface area contributed by atoms with E-state index in [4.69, 9.17) is 0 Å². The summed E-state index contributed by atoms with van der Waals surface area (Å²) in [4.78, 5) is 13.6. The zero-order valence-electron chi connectivity index (χ0n) is 13.1. The van der Waals surface area contributed by atoms with Crippen molar-refractivity contribution in [1.82, 2.24) is 14.9 Å². The van der Waals surface area contributed by atoms with Crippen LogP contribution in [0.5, 0.6) is 0 Å². The van der Waals surface area contributed by atoms with Crippen molar-refractivity contribution in [2.75, 3.05) is 43.4 Å². The van der Waals surface area contributed by atoms with E-state index in [9.17, 15) is 0 Å². The zero-order valence-corrected chi connectivity index (χ0v) is 13.1. The Labute approximate surface area is 127 Å². The number of likely N-dealkylation sites (N-methyl/N-ethyl adjacent to an activating group) is 1. The van der Waals surface area contributed by atoms with E-state index in [2.05, 4.69) is 38.2 Å². The molecule has 0 aromatic carbocycles. The molecule has 1 aromatic rings. The summed E-state index contributed by atoms with van der Waals surface area (Å²) in [5, 5.41) is 3.62. The SMILES string of the molecule is CN1CCN(c2cc(NC3CCCCCC3)ncn2)CC1. The Morgan fingerprint density at radius 2 is 1.71 bits per heavy atom. The fourth-order valence-electron chi connectivity index (χ4n) is 3.27. The highest BCUT2D eigenvalue weighted by molar-refractivity contribution is 5.49. The van der Waals surface area contributed by atoms with Gasteiger partial charge in [-0.3, -0.25) is 0 Å². The first-order chi connectivity index (χ1) is 10.3. The van der Waals surface area contributed by atoms with E-state index >= 15 is 0 Å². The van der Waals surface area contributed by atoms with Crippen molar-refractivity contribution in [3.63, 3.8) is 0 Å². The number of rotatable bonds is 3. The summed E-state index contributed by atoms with van der Waals surface area (Å²) in [7, 11) is 2.18. The van der Waals surface area contributed by atoms with Crippen molar-refractivity contribution in [1.29, 1.82) is 0 Å². The third-order valence-corrected chi connectivity index (χ3v) is 4.69. The summed E-state index contributed by atoms with van der Waals surface area (Å²) in [6, 6.07) is 2.71. The predicted molar refractivity (Wildman–Crippen MR) is 86.9 cm³/mol. The topological polar surface area (TPSA) is 44.3 Å². The first-order valence-electron chi connectivity index (χ1n) is 8.33. The van der Waals surface area contributed by atoms with Crippen LogP contribution in [0.2, 0.25) is 0 Å². The van der Waals surface area contributed by atoms with Crippen LogP contribution in [0.4, 0.5) is 11.6 Å². The van der Waals surface area contributed by atoms with E-state index < -0.39 is 0 Å². The molecule has 2 heterocycles. The molecule has 1 aliphatic heterocycles. The molecule has 0 unspecified atom stereocenters. The number of anilines is 2. The lowest BCUT2D eigenvalue weighted by Crippen LogP contribution is -2.44. The van der Waals surface area contributed by atoms with Crippen molar-refractivity contribution >= 4 is 11.6 Å². The van der Waals surface area contributed by atoms with Crippen LogP contribution in [0.3, 0.4) is 0 Å². The van der Waals surface area contributed by atoms with Crippen LogP contribution in [-0.2, 0) is 0 Å². The van der Waals surface area contributed by atoms with Crippen molar-refractivity contribution in [3.05, 3.63) is 12.4 Å². The number of nitrogens with zero attached hydrogens (tertiary/aromatic N) is 4. The Hall–Kier alpha value is -1.36. The van der Waals surface area contributed by atoms with Gasteiger partial charge in [0.25, 0.3) is 0 Å². The van der Waals surface area contributed by atoms with Crippen LogP contribution in [0.1, 0.15) is 38.5 Å². The van der Waals surface area contributed by atoms with Gasteiger partial charge in [-0.15, -0.1) is 0 Å². The molecule has 0 amide bonds. The lowest BCUT2D eigenvalue weighted by Gasteiger charge is -2.33. The summed E-state index contributed by atoms with van der Waals surface area (Å²) < 4.78 is 0. The van der Waals surface area contributed by atoms with Crippen molar-refractivity contribution in [2.45, 2.75) is 44.6 Å². The van der Waals surface area contributed by atoms with E-state index in [1.165, 1.54) is 38.5 Å². The first kappa shape index (κ1) is 14.6. The fraction of sp³-hybridized carbons (Fsp3) is 0.750. The predicted octanol–water partition coefficient (Wildman–Crippen LogP) is 2.36. The molecule has 1 aliphatic carbocycles. The van der Waals surface area contributed by atoms with E-state index in [-0.39, 0.29) is 0 Å². The lowest BCUT2D eigenvalue weighted by molar-refractivity contribution is 0.312. The van der Waals surface area contributed by atoms with Gasteiger partial charge in [0.1, 0.15) is 18.0 Å². The molecule has 1 saturated carbocycles. The van der Waals surface area contributed by atoms with Gasteiger partial charge in [0.05, 0.1) is 0 Å². The second kappa shape index (κ2) is 7.07. The van der Waals surface area contributed by atoms with Gasteiger partial charge < -0.3 is 15.1 Å². The van der Waals surface area contributed by atoms with Gasteiger partial charge in [-0.25, -0.2) is 9.97 Å². The molecule has 1 N–H and O–H groups in total. The quantitative estimate of drug-likeness (QED) is 0.866. The average Bonchev–Trinajstić information content (AvgIpc) is 2.77. The van der Waals surface area contributed by atoms with E-state index in [1.807, 2.05) is 0 Å². The molecular weight excluding hydrogens is 262 g/mol. The van der Waals surface area contributed by atoms with Gasteiger partial charge in [0.2, 0.25) is 0 Å². The standard InChI is InChI=1S/C16H27N5/c1-20-8-10-21(11-9-20)16-12-15(17-13-18-16)19-14-6-4-2-3-5-7-14/h12-14H,2-11H2,1H3,(H,17,18,19). The van der Waals surface area contributed by atoms with Gasteiger partial charge in [-0.2, -0.15) is 0 Å². The number of hydrogen-bond acceptors (Lipinski definition) is 5. The molecule has 0 bridgehead atoms. The molecule has 21 heavy (non-hydrogen) atoms. The third kappa shape index (κ3) is 4.06. The van der Waals surface area contributed by atoms with Crippen LogP contribution < -0.4 is 10.2 Å². The number of nitrogens with one attached hydrogen (secondary N) is 1. The maximum absolute atomic E-state index is 4.46. The van der Waals surface area contributed by atoms with Gasteiger partial charge >= 0.3 is 0 Å². The van der Waals surface area contributed by atoms with Crippen LogP contribution >= 0.6 is 0 Å². The molecule has 0 radical (unpaired) electrons. The molecule has 0 atom stereocenters. The second-order valence-corrected chi connectivity index (χ2v) is 6.38. The maximum Gasteiger partial charge on any atom is 0.134 e. The Morgan fingerprint density at radius 3 is 2.43 bits per heavy atom. The Morgan fingerprint density at radius 1 is 1.00 bits per heavy atom. The Balaban J connectivity index is 1.62. The van der Waals surface area contributed by atoms with Gasteiger partial charge in [-0.1, -0.05) is 25.7 Å². The summed E-state index contributed by atoms with van der Waals surface area (Å²) in [5.74, 6) is 2.06. The monoisotopic (exact) mass is 289 g/mol. The Kier molecular flexibility index (Phi) is 4.91. The molecule has 5 nitrogen and oxygen atoms in total. The van der Waals surface area contributed by atoms with Crippen molar-refractivity contribution in [2.24, 2.45) is 0 Å². The normalized spacial score (nSPS) is 22.0. The molecule has 3 rings (SSSR count). The zero-order chi connectivity index (χ0) is 14.5. The number of piperazine rings is 1. The largest absolute Gasteiger partial charge is 0.367 e. The van der Waals surface area contributed by atoms with E-state index in [0.29, 0.717) is 6.04 Å². The molecule has 2 aliphatic rings. The molecular formula is C16H27N5. The van der Waals surface area contributed by atoms with Crippen molar-refractivity contribution < 1.29 is 0 Å². The summed E-state index contributed by atoms with van der Waals surface area (Å²) in [6.07, 6.45) is 9.69. The smallest absolute Gasteiger partial charge is 0.134 e. The summed E-state index contributed by atoms with van der Waals surface area (Å²) >= 11 is 0. The number of aromatic nitrogens is 2. The minimum Gasteiger partial charge on any atom is -0.367 e. The highest BCUT2D eigenvalue weighted by Crippen LogP contribution is 2.22. The van der Waals surface area contributed by atoms with Crippen LogP contribution in [0.25, 0.3) is 0 Å². The minimum absolute atomic E-state index is 0.586.